The Morgan fingerprint density at radius 1 is 1.25 bits per heavy atom. The van der Waals surface area contributed by atoms with Crippen LogP contribution >= 0.6 is 0 Å². The molecule has 0 N–H and O–H groups in total. The number of amides is 1. The average molecular weight is 226 g/mol. The van der Waals surface area contributed by atoms with E-state index >= 15 is 0 Å². The molecule has 4 heteroatoms. The zero-order valence-corrected chi connectivity index (χ0v) is 10.7. The zero-order chi connectivity index (χ0) is 11.9. The summed E-state index contributed by atoms with van der Waals surface area (Å²) < 4.78 is 5.43. The summed E-state index contributed by atoms with van der Waals surface area (Å²) >= 11 is 0. The molecule has 0 aromatic heterocycles. The largest absolute Gasteiger partial charge is 0.444 e. The maximum atomic E-state index is 12.0. The van der Waals surface area contributed by atoms with Gasteiger partial charge in [0.25, 0.3) is 0 Å². The molecule has 2 bridgehead atoms. The molecule has 4 nitrogen and oxygen atoms in total. The molecule has 0 aromatic carbocycles. The molecule has 2 heterocycles. The van der Waals surface area contributed by atoms with E-state index in [9.17, 15) is 4.79 Å². The van der Waals surface area contributed by atoms with Crippen LogP contribution in [0, 0.1) is 5.92 Å². The molecule has 0 radical (unpaired) electrons. The molecule has 0 aromatic rings. The summed E-state index contributed by atoms with van der Waals surface area (Å²) in [5.74, 6) is 0.635. The van der Waals surface area contributed by atoms with Gasteiger partial charge in [-0.3, -0.25) is 0 Å². The number of hydrogen-bond donors (Lipinski definition) is 0. The molecule has 0 saturated carbocycles. The van der Waals surface area contributed by atoms with Crippen molar-refractivity contribution in [2.24, 2.45) is 5.92 Å². The van der Waals surface area contributed by atoms with Crippen LogP contribution in [0.25, 0.3) is 0 Å². The summed E-state index contributed by atoms with van der Waals surface area (Å²) in [5.41, 5.74) is -0.389. The first-order valence-corrected chi connectivity index (χ1v) is 6.03. The van der Waals surface area contributed by atoms with Gasteiger partial charge < -0.3 is 14.5 Å². The molecule has 0 aliphatic carbocycles. The van der Waals surface area contributed by atoms with Crippen LogP contribution in [-0.4, -0.2) is 54.2 Å². The maximum Gasteiger partial charge on any atom is 0.410 e. The van der Waals surface area contributed by atoms with E-state index in [1.165, 1.54) is 0 Å². The van der Waals surface area contributed by atoms with Crippen LogP contribution in [0.1, 0.15) is 27.2 Å². The van der Waals surface area contributed by atoms with E-state index in [0.29, 0.717) is 12.0 Å². The lowest BCUT2D eigenvalue weighted by molar-refractivity contribution is 0.0216. The number of fused-ring (bicyclic) bond motifs is 2. The van der Waals surface area contributed by atoms with Gasteiger partial charge in [0.15, 0.2) is 0 Å². The average Bonchev–Trinajstić information content (AvgIpc) is 2.38. The van der Waals surface area contributed by atoms with Crippen molar-refractivity contribution in [1.29, 1.82) is 0 Å². The van der Waals surface area contributed by atoms with Crippen molar-refractivity contribution in [3.05, 3.63) is 0 Å². The van der Waals surface area contributed by atoms with Gasteiger partial charge in [0.2, 0.25) is 0 Å². The molecule has 1 amide bonds. The highest BCUT2D eigenvalue weighted by Gasteiger charge is 2.41. The van der Waals surface area contributed by atoms with E-state index in [1.54, 1.807) is 0 Å². The summed E-state index contributed by atoms with van der Waals surface area (Å²) in [5, 5.41) is 0. The first-order chi connectivity index (χ1) is 7.35. The SMILES string of the molecule is CN1C[C@H]2C[C@@H](C1)N(C(=O)OC(C)(C)C)C2. The second-order valence-corrected chi connectivity index (χ2v) is 6.11. The summed E-state index contributed by atoms with van der Waals surface area (Å²) in [7, 11) is 2.12. The molecule has 0 unspecified atom stereocenters. The van der Waals surface area contributed by atoms with Gasteiger partial charge in [-0.15, -0.1) is 0 Å². The molecular weight excluding hydrogens is 204 g/mol. The molecule has 2 saturated heterocycles. The third-order valence-corrected chi connectivity index (χ3v) is 3.22. The maximum absolute atomic E-state index is 12.0. The Morgan fingerprint density at radius 2 is 1.94 bits per heavy atom. The molecule has 2 atom stereocenters. The highest BCUT2D eigenvalue weighted by atomic mass is 16.6. The molecule has 2 rings (SSSR count). The van der Waals surface area contributed by atoms with Crippen molar-refractivity contribution in [2.45, 2.75) is 38.8 Å². The van der Waals surface area contributed by atoms with E-state index < -0.39 is 0 Å². The van der Waals surface area contributed by atoms with Crippen molar-refractivity contribution >= 4 is 6.09 Å². The Labute approximate surface area is 97.5 Å². The van der Waals surface area contributed by atoms with Gasteiger partial charge in [-0.1, -0.05) is 0 Å². The first-order valence-electron chi connectivity index (χ1n) is 6.03. The van der Waals surface area contributed by atoms with Gasteiger partial charge in [0, 0.05) is 25.7 Å². The standard InChI is InChI=1S/C12H22N2O2/c1-12(2,3)16-11(15)14-7-9-5-10(14)8-13(4)6-9/h9-10H,5-8H2,1-4H3/t9-,10+/m1/s1. The van der Waals surface area contributed by atoms with Crippen LogP contribution < -0.4 is 0 Å². The summed E-state index contributed by atoms with van der Waals surface area (Å²) in [6, 6.07) is 0.360. The number of carbonyl (C=O) groups is 1. The Bertz CT molecular complexity index is 285. The minimum atomic E-state index is -0.389. The number of carbonyl (C=O) groups excluding carboxylic acids is 1. The van der Waals surface area contributed by atoms with E-state index in [4.69, 9.17) is 4.74 Å². The lowest BCUT2D eigenvalue weighted by Gasteiger charge is -2.31. The number of piperidine rings is 1. The first kappa shape index (κ1) is 11.7. The van der Waals surface area contributed by atoms with Gasteiger partial charge in [-0.05, 0) is 40.2 Å². The number of likely N-dealkylation sites (tertiary alicyclic amines) is 2. The smallest absolute Gasteiger partial charge is 0.410 e. The van der Waals surface area contributed by atoms with Crippen LogP contribution in [0.3, 0.4) is 0 Å². The lowest BCUT2D eigenvalue weighted by atomic mass is 10.0. The normalized spacial score (nSPS) is 30.6. The molecular formula is C12H22N2O2. The fourth-order valence-electron chi connectivity index (χ4n) is 2.74. The van der Waals surface area contributed by atoms with Gasteiger partial charge in [-0.25, -0.2) is 4.79 Å². The molecule has 92 valence electrons. The summed E-state index contributed by atoms with van der Waals surface area (Å²) in [6.07, 6.45) is 0.999. The fraction of sp³-hybridized carbons (Fsp3) is 0.917. The van der Waals surface area contributed by atoms with Crippen LogP contribution in [0.4, 0.5) is 4.79 Å². The van der Waals surface area contributed by atoms with Crippen molar-refractivity contribution in [3.63, 3.8) is 0 Å². The third-order valence-electron chi connectivity index (χ3n) is 3.22. The highest BCUT2D eigenvalue weighted by Crippen LogP contribution is 2.30. The lowest BCUT2D eigenvalue weighted by Crippen LogP contribution is -2.44. The van der Waals surface area contributed by atoms with Gasteiger partial charge >= 0.3 is 6.09 Å². The third kappa shape index (κ3) is 2.48. The Hall–Kier alpha value is -0.770. The van der Waals surface area contributed by atoms with Crippen molar-refractivity contribution in [2.75, 3.05) is 26.7 Å². The molecule has 0 spiro atoms. The second-order valence-electron chi connectivity index (χ2n) is 6.11. The predicted octanol–water partition coefficient (Wildman–Crippen LogP) is 1.56. The fourth-order valence-corrected chi connectivity index (χ4v) is 2.74. The number of ether oxygens (including phenoxy) is 1. The quantitative estimate of drug-likeness (QED) is 0.628. The molecule has 2 fully saturated rings. The van der Waals surface area contributed by atoms with Gasteiger partial charge in [0.05, 0.1) is 0 Å². The van der Waals surface area contributed by atoms with E-state index in [1.807, 2.05) is 25.7 Å². The van der Waals surface area contributed by atoms with E-state index in [2.05, 4.69) is 11.9 Å². The van der Waals surface area contributed by atoms with Crippen LogP contribution in [0.15, 0.2) is 0 Å². The minimum Gasteiger partial charge on any atom is -0.444 e. The number of nitrogens with zero attached hydrogens (tertiary/aromatic N) is 2. The second kappa shape index (κ2) is 3.91. The Kier molecular flexibility index (Phi) is 2.86. The van der Waals surface area contributed by atoms with Gasteiger partial charge in [0.1, 0.15) is 5.60 Å². The summed E-state index contributed by atoms with van der Waals surface area (Å²) in [4.78, 5) is 16.2. The van der Waals surface area contributed by atoms with Crippen LogP contribution in [0.5, 0.6) is 0 Å². The molecule has 2 aliphatic rings. The zero-order valence-electron chi connectivity index (χ0n) is 10.7. The van der Waals surface area contributed by atoms with E-state index in [-0.39, 0.29) is 11.7 Å². The summed E-state index contributed by atoms with van der Waals surface area (Å²) in [6.45, 7) is 8.70. The number of rotatable bonds is 0. The number of hydrogen-bond acceptors (Lipinski definition) is 3. The molecule has 16 heavy (non-hydrogen) atoms. The Morgan fingerprint density at radius 3 is 2.56 bits per heavy atom. The van der Waals surface area contributed by atoms with E-state index in [0.717, 1.165) is 26.1 Å². The minimum absolute atomic E-state index is 0.143. The van der Waals surface area contributed by atoms with Crippen LogP contribution in [0.2, 0.25) is 0 Å². The van der Waals surface area contributed by atoms with Crippen LogP contribution in [-0.2, 0) is 4.74 Å². The monoisotopic (exact) mass is 226 g/mol. The Balaban J connectivity index is 1.98. The van der Waals surface area contributed by atoms with Gasteiger partial charge in [-0.2, -0.15) is 0 Å². The topological polar surface area (TPSA) is 32.8 Å². The van der Waals surface area contributed by atoms with Crippen molar-refractivity contribution in [3.8, 4) is 0 Å². The number of likely N-dealkylation sites (N-methyl/N-ethyl adjacent to an activating group) is 1. The van der Waals surface area contributed by atoms with Crippen molar-refractivity contribution < 1.29 is 9.53 Å². The predicted molar refractivity (Wildman–Crippen MR) is 62.3 cm³/mol. The van der Waals surface area contributed by atoms with Crippen molar-refractivity contribution in [1.82, 2.24) is 9.80 Å². The molecule has 2 aliphatic heterocycles. The highest BCUT2D eigenvalue weighted by molar-refractivity contribution is 5.69.